The summed E-state index contributed by atoms with van der Waals surface area (Å²) >= 11 is 0. The Morgan fingerprint density at radius 3 is 1.00 bits per heavy atom. The first kappa shape index (κ1) is 23.9. The van der Waals surface area contributed by atoms with Crippen molar-refractivity contribution in [1.29, 1.82) is 0 Å². The fourth-order valence-electron chi connectivity index (χ4n) is 1.30. The van der Waals surface area contributed by atoms with Crippen LogP contribution in [0.25, 0.3) is 0 Å². The molecule has 19 heteroatoms. The van der Waals surface area contributed by atoms with Crippen LogP contribution in [0.4, 0.5) is 4.79 Å². The molecule has 0 aromatic rings. The Morgan fingerprint density at radius 1 is 0.625 bits per heavy atom. The molecule has 0 rings (SSSR count). The second-order valence-electron chi connectivity index (χ2n) is 4.41. The first-order valence-corrected chi connectivity index (χ1v) is 12.3. The van der Waals surface area contributed by atoms with Gasteiger partial charge in [-0.25, -0.2) is 4.79 Å². The van der Waals surface area contributed by atoms with E-state index >= 15 is 0 Å². The molecule has 144 valence electrons. The number of rotatable bonds is 8. The summed E-state index contributed by atoms with van der Waals surface area (Å²) in [7, 11) is -21.2. The molecule has 0 aromatic carbocycles. The van der Waals surface area contributed by atoms with Gasteiger partial charge in [0.15, 0.2) is 10.8 Å². The van der Waals surface area contributed by atoms with Crippen LogP contribution in [0.3, 0.4) is 0 Å². The monoisotopic (exact) mass is 436 g/mol. The van der Waals surface area contributed by atoms with Crippen molar-refractivity contribution in [1.82, 2.24) is 10.6 Å². The summed E-state index contributed by atoms with van der Waals surface area (Å²) in [6, 6.07) is -1.42. The number of hydrogen-bond donors (Lipinski definition) is 10. The molecule has 0 atom stereocenters. The van der Waals surface area contributed by atoms with E-state index in [9.17, 15) is 23.1 Å². The quantitative estimate of drug-likeness (QED) is 0.179. The lowest BCUT2D eigenvalue weighted by atomic mass is 10.7. The van der Waals surface area contributed by atoms with Gasteiger partial charge in [0, 0.05) is 13.1 Å². The van der Waals surface area contributed by atoms with Crippen LogP contribution in [0, 0.1) is 0 Å². The van der Waals surface area contributed by atoms with Gasteiger partial charge in [-0.1, -0.05) is 0 Å². The molecule has 15 nitrogen and oxygen atoms in total. The largest absolute Gasteiger partial charge is 0.342 e. The third kappa shape index (κ3) is 8.30. The Balaban J connectivity index is 4.87. The molecule has 0 heterocycles. The average molecular weight is 436 g/mol. The average Bonchev–Trinajstić information content (AvgIpc) is 2.21. The van der Waals surface area contributed by atoms with E-state index in [0.29, 0.717) is 0 Å². The Bertz CT molecular complexity index is 541. The van der Waals surface area contributed by atoms with E-state index in [1.807, 2.05) is 0 Å². The van der Waals surface area contributed by atoms with Gasteiger partial charge >= 0.3 is 36.4 Å². The van der Waals surface area contributed by atoms with Crippen LogP contribution in [-0.4, -0.2) is 69.1 Å². The molecule has 0 saturated heterocycles. The third-order valence-electron chi connectivity index (χ3n) is 2.44. The second kappa shape index (κ2) is 8.05. The summed E-state index contributed by atoms with van der Waals surface area (Å²) in [6.07, 6.45) is 0. The van der Waals surface area contributed by atoms with E-state index in [2.05, 4.69) is 0 Å². The maximum Gasteiger partial charge on any atom is 0.342 e. The predicted molar refractivity (Wildman–Crippen MR) is 77.2 cm³/mol. The van der Waals surface area contributed by atoms with E-state index in [0.717, 1.165) is 0 Å². The second-order valence-corrected chi connectivity index (χ2v) is 12.4. The standard InChI is InChI=1S/C5H16N2O13P4/c8-5(6-1-3(21(9,10)11)22(12,13)14)7-2-4(23(15,16)17)24(18,19)20/h3-4H,1-2H2,(H2,6,7,8)(H2,9,10,11)(H2,12,13,14)(H2,15,16,17)(H2,18,19,20). The molecule has 24 heavy (non-hydrogen) atoms. The first-order chi connectivity index (χ1) is 10.4. The van der Waals surface area contributed by atoms with Crippen molar-refractivity contribution < 1.29 is 62.2 Å². The number of amides is 2. The highest BCUT2D eigenvalue weighted by Crippen LogP contribution is 2.60. The lowest BCUT2D eigenvalue weighted by Crippen LogP contribution is -2.42. The zero-order chi connectivity index (χ0) is 19.6. The van der Waals surface area contributed by atoms with Gasteiger partial charge in [-0.3, -0.25) is 18.3 Å². The maximum atomic E-state index is 11.3. The smallest absolute Gasteiger partial charge is 0.337 e. The number of hydrogen-bond acceptors (Lipinski definition) is 5. The van der Waals surface area contributed by atoms with Gasteiger partial charge in [0.05, 0.1) is 0 Å². The summed E-state index contributed by atoms with van der Waals surface area (Å²) < 4.78 is 43.8. The molecule has 0 spiro atoms. The molecule has 0 bridgehead atoms. The summed E-state index contributed by atoms with van der Waals surface area (Å²) in [5.74, 6) is 0. The Hall–Kier alpha value is -0.130. The van der Waals surface area contributed by atoms with Gasteiger partial charge in [0.25, 0.3) is 0 Å². The van der Waals surface area contributed by atoms with E-state index in [4.69, 9.17) is 39.1 Å². The van der Waals surface area contributed by atoms with Gasteiger partial charge in [0.1, 0.15) is 0 Å². The van der Waals surface area contributed by atoms with Crippen molar-refractivity contribution in [3.05, 3.63) is 0 Å². The van der Waals surface area contributed by atoms with Crippen LogP contribution < -0.4 is 10.6 Å². The van der Waals surface area contributed by atoms with E-state index in [1.165, 1.54) is 0 Å². The molecule has 0 unspecified atom stereocenters. The zero-order valence-electron chi connectivity index (χ0n) is 11.5. The van der Waals surface area contributed by atoms with Crippen LogP contribution in [0.15, 0.2) is 0 Å². The van der Waals surface area contributed by atoms with Crippen LogP contribution >= 0.6 is 30.4 Å². The Labute approximate surface area is 134 Å². The Kier molecular flexibility index (Phi) is 8.00. The van der Waals surface area contributed by atoms with Crippen molar-refractivity contribution in [2.24, 2.45) is 0 Å². The van der Waals surface area contributed by atoms with Crippen LogP contribution in [0.2, 0.25) is 0 Å². The van der Waals surface area contributed by atoms with Crippen molar-refractivity contribution in [2.75, 3.05) is 13.1 Å². The molecule has 0 aliphatic rings. The molecule has 0 radical (unpaired) electrons. The van der Waals surface area contributed by atoms with Gasteiger partial charge < -0.3 is 49.8 Å². The molecule has 0 aromatic heterocycles. The normalized spacial score (nSPS) is 14.1. The van der Waals surface area contributed by atoms with Gasteiger partial charge in [0.2, 0.25) is 0 Å². The molecule has 0 aliphatic carbocycles. The molecular weight excluding hydrogens is 420 g/mol. The fraction of sp³-hybridized carbons (Fsp3) is 0.800. The molecule has 10 N–H and O–H groups in total. The number of carbonyl (C=O) groups is 1. The molecular formula is C5H16N2O13P4. The molecule has 0 saturated carbocycles. The summed E-state index contributed by atoms with van der Waals surface area (Å²) in [5.41, 5.74) is 0. The van der Waals surface area contributed by atoms with E-state index in [1.54, 1.807) is 10.6 Å². The SMILES string of the molecule is O=C(NCC(P(=O)(O)O)P(=O)(O)O)NCC(P(=O)(O)O)P(=O)(O)O. The lowest BCUT2D eigenvalue weighted by Gasteiger charge is -2.21. The zero-order valence-corrected chi connectivity index (χ0v) is 15.1. The highest BCUT2D eigenvalue weighted by molar-refractivity contribution is 7.71. The van der Waals surface area contributed by atoms with Crippen molar-refractivity contribution in [3.63, 3.8) is 0 Å². The van der Waals surface area contributed by atoms with Gasteiger partial charge in [-0.15, -0.1) is 0 Å². The van der Waals surface area contributed by atoms with Gasteiger partial charge in [-0.05, 0) is 0 Å². The number of carbonyl (C=O) groups excluding carboxylic acids is 1. The highest BCUT2D eigenvalue weighted by atomic mass is 31.2. The van der Waals surface area contributed by atoms with Crippen molar-refractivity contribution in [3.8, 4) is 0 Å². The summed E-state index contributed by atoms with van der Waals surface area (Å²) in [5, 5.41) is -1.89. The minimum Gasteiger partial charge on any atom is -0.337 e. The molecule has 0 aliphatic heterocycles. The Morgan fingerprint density at radius 2 is 0.833 bits per heavy atom. The van der Waals surface area contributed by atoms with E-state index < -0.39 is 60.3 Å². The third-order valence-corrected chi connectivity index (χ3v) is 9.89. The van der Waals surface area contributed by atoms with Gasteiger partial charge in [-0.2, -0.15) is 0 Å². The number of nitrogens with one attached hydrogen (secondary N) is 2. The predicted octanol–water partition coefficient (Wildman–Crippen LogP) is -2.35. The van der Waals surface area contributed by atoms with Crippen LogP contribution in [0.1, 0.15) is 0 Å². The first-order valence-electron chi connectivity index (χ1n) is 5.59. The molecule has 2 amide bonds. The fourth-order valence-corrected chi connectivity index (χ4v) is 5.75. The van der Waals surface area contributed by atoms with Crippen molar-refractivity contribution in [2.45, 2.75) is 10.8 Å². The maximum absolute atomic E-state index is 11.3. The van der Waals surface area contributed by atoms with E-state index in [-0.39, 0.29) is 0 Å². The van der Waals surface area contributed by atoms with Crippen molar-refractivity contribution >= 4 is 36.4 Å². The lowest BCUT2D eigenvalue weighted by molar-refractivity contribution is 0.240. The van der Waals surface area contributed by atoms with Crippen LogP contribution in [-0.2, 0) is 18.3 Å². The summed E-state index contributed by atoms with van der Waals surface area (Å²) in [4.78, 5) is 81.7. The van der Waals surface area contributed by atoms with Crippen LogP contribution in [0.5, 0.6) is 0 Å². The topological polar surface area (TPSA) is 271 Å². The highest BCUT2D eigenvalue weighted by Gasteiger charge is 2.45. The number of urea groups is 1. The summed E-state index contributed by atoms with van der Waals surface area (Å²) in [6.45, 7) is -2.42. The minimum absolute atomic E-state index is 1.21. The molecule has 0 fully saturated rings. The minimum atomic E-state index is -5.30.